The van der Waals surface area contributed by atoms with Crippen LogP contribution in [-0.4, -0.2) is 28.9 Å². The van der Waals surface area contributed by atoms with Gasteiger partial charge in [-0.25, -0.2) is 0 Å². The molecule has 2 aliphatic rings. The van der Waals surface area contributed by atoms with Gasteiger partial charge >= 0.3 is 0 Å². The summed E-state index contributed by atoms with van der Waals surface area (Å²) >= 11 is 0. The van der Waals surface area contributed by atoms with Crippen LogP contribution in [0.5, 0.6) is 0 Å². The number of piperidine rings is 1. The highest BCUT2D eigenvalue weighted by atomic mass is 16.2. The molecule has 1 aromatic carbocycles. The molecule has 1 amide bonds. The number of hydrogen-bond donors (Lipinski definition) is 1. The van der Waals surface area contributed by atoms with Crippen molar-refractivity contribution in [1.29, 1.82) is 0 Å². The average molecular weight is 296 g/mol. The number of carbonyl (C=O) groups is 1. The molecule has 3 heterocycles. The van der Waals surface area contributed by atoms with E-state index in [9.17, 15) is 4.79 Å². The molecular weight excluding hydrogens is 272 g/mol. The quantitative estimate of drug-likeness (QED) is 0.856. The zero-order chi connectivity index (χ0) is 15.2. The summed E-state index contributed by atoms with van der Waals surface area (Å²) in [5.74, 6) is 0.311. The highest BCUT2D eigenvalue weighted by molar-refractivity contribution is 5.90. The van der Waals surface area contributed by atoms with Gasteiger partial charge in [-0.2, -0.15) is 0 Å². The van der Waals surface area contributed by atoms with Gasteiger partial charge in [-0.1, -0.05) is 25.1 Å². The molecule has 1 fully saturated rings. The highest BCUT2D eigenvalue weighted by Gasteiger charge is 2.37. The van der Waals surface area contributed by atoms with Crippen LogP contribution in [0, 0.1) is 5.41 Å². The predicted octanol–water partition coefficient (Wildman–Crippen LogP) is 3.68. The third-order valence-electron chi connectivity index (χ3n) is 5.90. The van der Waals surface area contributed by atoms with Crippen molar-refractivity contribution in [3.8, 4) is 0 Å². The molecule has 0 spiro atoms. The summed E-state index contributed by atoms with van der Waals surface area (Å²) in [7, 11) is 0. The molecule has 3 nitrogen and oxygen atoms in total. The molecule has 1 N–H and O–H groups in total. The second kappa shape index (κ2) is 5.15. The Bertz CT molecular complexity index is 717. The first-order valence-corrected chi connectivity index (χ1v) is 8.57. The Hall–Kier alpha value is -1.77. The van der Waals surface area contributed by atoms with E-state index in [0.29, 0.717) is 17.7 Å². The van der Waals surface area contributed by atoms with Crippen LogP contribution >= 0.6 is 0 Å². The summed E-state index contributed by atoms with van der Waals surface area (Å²) in [6.07, 6.45) is 6.41. The monoisotopic (exact) mass is 296 g/mol. The molecule has 2 bridgehead atoms. The molecule has 2 aromatic rings. The van der Waals surface area contributed by atoms with E-state index >= 15 is 0 Å². The van der Waals surface area contributed by atoms with E-state index in [1.807, 2.05) is 0 Å². The molecule has 0 radical (unpaired) electrons. The molecule has 1 saturated heterocycles. The van der Waals surface area contributed by atoms with E-state index in [2.05, 4.69) is 41.1 Å². The first-order chi connectivity index (χ1) is 10.7. The van der Waals surface area contributed by atoms with E-state index in [0.717, 1.165) is 25.9 Å². The van der Waals surface area contributed by atoms with Crippen LogP contribution in [-0.2, 0) is 17.6 Å². The normalized spacial score (nSPS) is 25.5. The summed E-state index contributed by atoms with van der Waals surface area (Å²) in [6.45, 7) is 4.20. The first kappa shape index (κ1) is 13.9. The molecule has 1 unspecified atom stereocenters. The SMILES string of the molecule is CCC12CCCN(C1)C(=O)Cc1c([nH]c3ccccc13)CC2. The molecule has 4 rings (SSSR count). The Balaban J connectivity index is 1.81. The third kappa shape index (κ3) is 2.15. The van der Waals surface area contributed by atoms with Gasteiger partial charge in [0.05, 0.1) is 6.42 Å². The molecule has 3 heteroatoms. The second-order valence-corrected chi connectivity index (χ2v) is 7.08. The Kier molecular flexibility index (Phi) is 3.24. The maximum Gasteiger partial charge on any atom is 0.227 e. The van der Waals surface area contributed by atoms with Gasteiger partial charge in [0.2, 0.25) is 5.91 Å². The fourth-order valence-corrected chi connectivity index (χ4v) is 4.41. The number of aromatic nitrogens is 1. The number of aryl methyl sites for hydroxylation is 1. The Morgan fingerprint density at radius 2 is 2.14 bits per heavy atom. The lowest BCUT2D eigenvalue weighted by Gasteiger charge is -2.42. The summed E-state index contributed by atoms with van der Waals surface area (Å²) in [6, 6.07) is 8.40. The number of nitrogens with one attached hydrogen (secondary N) is 1. The number of amides is 1. The minimum absolute atomic E-state index is 0.311. The lowest BCUT2D eigenvalue weighted by Crippen LogP contribution is -2.46. The summed E-state index contributed by atoms with van der Waals surface area (Å²) in [5.41, 5.74) is 4.02. The number of carbonyl (C=O) groups excluding carboxylic acids is 1. The van der Waals surface area contributed by atoms with Crippen LogP contribution in [0.25, 0.3) is 10.9 Å². The Labute approximate surface area is 131 Å². The summed E-state index contributed by atoms with van der Waals surface area (Å²) in [4.78, 5) is 18.5. The van der Waals surface area contributed by atoms with Gasteiger partial charge in [0.1, 0.15) is 0 Å². The van der Waals surface area contributed by atoms with Gasteiger partial charge in [-0.15, -0.1) is 0 Å². The number of para-hydroxylation sites is 1. The maximum absolute atomic E-state index is 12.8. The lowest BCUT2D eigenvalue weighted by molar-refractivity contribution is -0.134. The standard InChI is InChI=1S/C19H24N2O/c1-2-19-9-5-11-21(13-19)18(22)12-15-14-6-3-4-7-16(14)20-17(15)8-10-19/h3-4,6-7,20H,2,5,8-13H2,1H3. The van der Waals surface area contributed by atoms with Crippen LogP contribution in [0.2, 0.25) is 0 Å². The topological polar surface area (TPSA) is 36.1 Å². The molecule has 0 saturated carbocycles. The fraction of sp³-hybridized carbons (Fsp3) is 0.526. The van der Waals surface area contributed by atoms with Crippen molar-refractivity contribution in [2.24, 2.45) is 5.41 Å². The van der Waals surface area contributed by atoms with Crippen molar-refractivity contribution in [3.05, 3.63) is 35.5 Å². The zero-order valence-electron chi connectivity index (χ0n) is 13.3. The van der Waals surface area contributed by atoms with Gasteiger partial charge in [-0.05, 0) is 49.1 Å². The van der Waals surface area contributed by atoms with E-state index in [-0.39, 0.29) is 0 Å². The minimum Gasteiger partial charge on any atom is -0.358 e. The van der Waals surface area contributed by atoms with Gasteiger partial charge < -0.3 is 9.88 Å². The van der Waals surface area contributed by atoms with Crippen LogP contribution in [0.15, 0.2) is 24.3 Å². The van der Waals surface area contributed by atoms with Crippen molar-refractivity contribution >= 4 is 16.8 Å². The van der Waals surface area contributed by atoms with Crippen molar-refractivity contribution in [2.45, 2.75) is 45.4 Å². The van der Waals surface area contributed by atoms with Gasteiger partial charge in [-0.3, -0.25) is 4.79 Å². The number of aromatic amines is 1. The summed E-state index contributed by atoms with van der Waals surface area (Å²) in [5, 5.41) is 1.23. The summed E-state index contributed by atoms with van der Waals surface area (Å²) < 4.78 is 0. The zero-order valence-corrected chi connectivity index (χ0v) is 13.3. The van der Waals surface area contributed by atoms with Gasteiger partial charge in [0.15, 0.2) is 0 Å². The van der Waals surface area contributed by atoms with Crippen molar-refractivity contribution < 1.29 is 4.79 Å². The predicted molar refractivity (Wildman–Crippen MR) is 88.9 cm³/mol. The highest BCUT2D eigenvalue weighted by Crippen LogP contribution is 2.40. The molecule has 1 atom stereocenters. The van der Waals surface area contributed by atoms with Crippen LogP contribution < -0.4 is 0 Å². The van der Waals surface area contributed by atoms with Crippen molar-refractivity contribution in [1.82, 2.24) is 9.88 Å². The molecule has 2 aliphatic heterocycles. The number of benzene rings is 1. The van der Waals surface area contributed by atoms with E-state index in [4.69, 9.17) is 0 Å². The smallest absolute Gasteiger partial charge is 0.227 e. The third-order valence-corrected chi connectivity index (χ3v) is 5.90. The fourth-order valence-electron chi connectivity index (χ4n) is 4.41. The second-order valence-electron chi connectivity index (χ2n) is 7.08. The molecule has 22 heavy (non-hydrogen) atoms. The molecule has 116 valence electrons. The van der Waals surface area contributed by atoms with Crippen molar-refractivity contribution in [3.63, 3.8) is 0 Å². The Morgan fingerprint density at radius 1 is 1.27 bits per heavy atom. The number of H-pyrrole nitrogens is 1. The number of rotatable bonds is 1. The van der Waals surface area contributed by atoms with Crippen LogP contribution in [0.3, 0.4) is 0 Å². The van der Waals surface area contributed by atoms with E-state index < -0.39 is 0 Å². The van der Waals surface area contributed by atoms with Crippen LogP contribution in [0.4, 0.5) is 0 Å². The van der Waals surface area contributed by atoms with E-state index in [1.165, 1.54) is 41.4 Å². The maximum atomic E-state index is 12.8. The molecular formula is C19H24N2O. The largest absolute Gasteiger partial charge is 0.358 e. The van der Waals surface area contributed by atoms with Crippen LogP contribution in [0.1, 0.15) is 43.9 Å². The average Bonchev–Trinajstić information content (AvgIpc) is 2.91. The first-order valence-electron chi connectivity index (χ1n) is 8.57. The molecule has 0 aliphatic carbocycles. The Morgan fingerprint density at radius 3 is 3.00 bits per heavy atom. The number of fused-ring (bicyclic) bond motifs is 5. The minimum atomic E-state index is 0.311. The van der Waals surface area contributed by atoms with Crippen molar-refractivity contribution in [2.75, 3.05) is 13.1 Å². The lowest BCUT2D eigenvalue weighted by atomic mass is 9.74. The molecule has 1 aromatic heterocycles. The van der Waals surface area contributed by atoms with Gasteiger partial charge in [0.25, 0.3) is 0 Å². The number of hydrogen-bond acceptors (Lipinski definition) is 1. The van der Waals surface area contributed by atoms with E-state index in [1.54, 1.807) is 0 Å². The number of nitrogens with zero attached hydrogens (tertiary/aromatic N) is 1. The van der Waals surface area contributed by atoms with Gasteiger partial charge in [0, 0.05) is 29.7 Å².